The highest BCUT2D eigenvalue weighted by molar-refractivity contribution is 7.91. The van der Waals surface area contributed by atoms with Crippen molar-refractivity contribution in [2.75, 3.05) is 18.9 Å². The van der Waals surface area contributed by atoms with Gasteiger partial charge in [0, 0.05) is 6.54 Å². The van der Waals surface area contributed by atoms with Gasteiger partial charge in [0.25, 0.3) is 11.8 Å². The molecule has 0 atom stereocenters. The molecule has 0 bridgehead atoms. The Hall–Kier alpha value is -3.00. The van der Waals surface area contributed by atoms with E-state index in [0.29, 0.717) is 11.1 Å². The van der Waals surface area contributed by atoms with Gasteiger partial charge in [-0.1, -0.05) is 30.3 Å². The lowest BCUT2D eigenvalue weighted by molar-refractivity contribution is -0.143. The highest BCUT2D eigenvalue weighted by Gasteiger charge is 2.35. The molecule has 0 saturated carbocycles. The maximum Gasteiger partial charge on any atom is 0.307 e. The SMILES string of the molecule is O=C(CCN1C(=O)c2ccccc2C1=O)OCCCS(=O)(=O)c1ccccc1. The first-order valence-electron chi connectivity index (χ1n) is 8.79. The topological polar surface area (TPSA) is 97.8 Å². The number of rotatable bonds is 8. The fourth-order valence-corrected chi connectivity index (χ4v) is 4.20. The number of nitrogens with zero attached hydrogens (tertiary/aromatic N) is 1. The van der Waals surface area contributed by atoms with Gasteiger partial charge in [0.15, 0.2) is 9.84 Å². The van der Waals surface area contributed by atoms with Crippen molar-refractivity contribution in [3.8, 4) is 0 Å². The quantitative estimate of drug-likeness (QED) is 0.382. The van der Waals surface area contributed by atoms with Crippen LogP contribution >= 0.6 is 0 Å². The lowest BCUT2D eigenvalue weighted by Crippen LogP contribution is -2.32. The number of benzene rings is 2. The van der Waals surface area contributed by atoms with E-state index in [1.807, 2.05) is 0 Å². The van der Waals surface area contributed by atoms with Gasteiger partial charge in [-0.3, -0.25) is 19.3 Å². The van der Waals surface area contributed by atoms with Crippen LogP contribution in [0, 0.1) is 0 Å². The summed E-state index contributed by atoms with van der Waals surface area (Å²) in [5.41, 5.74) is 0.652. The van der Waals surface area contributed by atoms with Crippen LogP contribution in [0.5, 0.6) is 0 Å². The maximum absolute atomic E-state index is 12.2. The average Bonchev–Trinajstić information content (AvgIpc) is 2.95. The molecule has 0 fully saturated rings. The molecule has 0 unspecified atom stereocenters. The number of carbonyl (C=O) groups is 3. The van der Waals surface area contributed by atoms with Crippen molar-refractivity contribution >= 4 is 27.6 Å². The minimum atomic E-state index is -3.42. The van der Waals surface area contributed by atoms with Gasteiger partial charge in [0.2, 0.25) is 0 Å². The molecular weight excluding hydrogens is 382 g/mol. The summed E-state index contributed by atoms with van der Waals surface area (Å²) in [5, 5.41) is 0. The number of esters is 1. The Kier molecular flexibility index (Phi) is 5.89. The Bertz CT molecular complexity index is 965. The molecule has 1 aliphatic heterocycles. The zero-order valence-electron chi connectivity index (χ0n) is 15.0. The van der Waals surface area contributed by atoms with E-state index in [2.05, 4.69) is 0 Å². The molecule has 1 aliphatic rings. The molecule has 0 N–H and O–H groups in total. The molecular formula is C20H19NO6S. The van der Waals surface area contributed by atoms with Crippen LogP contribution in [0.25, 0.3) is 0 Å². The normalized spacial score (nSPS) is 13.5. The lowest BCUT2D eigenvalue weighted by atomic mass is 10.1. The highest BCUT2D eigenvalue weighted by atomic mass is 32.2. The van der Waals surface area contributed by atoms with E-state index >= 15 is 0 Å². The molecule has 0 aromatic heterocycles. The molecule has 146 valence electrons. The number of fused-ring (bicyclic) bond motifs is 1. The Morgan fingerprint density at radius 2 is 1.46 bits per heavy atom. The van der Waals surface area contributed by atoms with E-state index in [1.54, 1.807) is 42.5 Å². The van der Waals surface area contributed by atoms with Crippen molar-refractivity contribution in [3.05, 3.63) is 65.7 Å². The van der Waals surface area contributed by atoms with Crippen LogP contribution in [0.15, 0.2) is 59.5 Å². The Morgan fingerprint density at radius 3 is 2.07 bits per heavy atom. The second kappa shape index (κ2) is 8.35. The number of imide groups is 1. The summed E-state index contributed by atoms with van der Waals surface area (Å²) < 4.78 is 29.3. The van der Waals surface area contributed by atoms with Gasteiger partial charge < -0.3 is 4.74 Å². The van der Waals surface area contributed by atoms with Gasteiger partial charge in [-0.15, -0.1) is 0 Å². The molecule has 28 heavy (non-hydrogen) atoms. The van der Waals surface area contributed by atoms with Crippen LogP contribution in [0.3, 0.4) is 0 Å². The zero-order valence-corrected chi connectivity index (χ0v) is 15.9. The van der Waals surface area contributed by atoms with Crippen LogP contribution in [0.4, 0.5) is 0 Å². The van der Waals surface area contributed by atoms with Crippen LogP contribution in [0.2, 0.25) is 0 Å². The number of hydrogen-bond donors (Lipinski definition) is 0. The minimum Gasteiger partial charge on any atom is -0.466 e. The van der Waals surface area contributed by atoms with E-state index < -0.39 is 27.6 Å². The molecule has 1 heterocycles. The van der Waals surface area contributed by atoms with E-state index in [9.17, 15) is 22.8 Å². The second-order valence-electron chi connectivity index (χ2n) is 6.26. The van der Waals surface area contributed by atoms with Gasteiger partial charge >= 0.3 is 5.97 Å². The van der Waals surface area contributed by atoms with Crippen molar-refractivity contribution in [2.45, 2.75) is 17.7 Å². The molecule has 2 aromatic carbocycles. The number of sulfone groups is 1. The van der Waals surface area contributed by atoms with Gasteiger partial charge in [-0.25, -0.2) is 8.42 Å². The number of ether oxygens (including phenoxy) is 1. The molecule has 8 heteroatoms. The number of hydrogen-bond acceptors (Lipinski definition) is 6. The van der Waals surface area contributed by atoms with Crippen molar-refractivity contribution < 1.29 is 27.5 Å². The van der Waals surface area contributed by atoms with Crippen molar-refractivity contribution in [1.82, 2.24) is 4.90 Å². The van der Waals surface area contributed by atoms with Crippen molar-refractivity contribution in [3.63, 3.8) is 0 Å². The minimum absolute atomic E-state index is 0.0486. The van der Waals surface area contributed by atoms with Crippen LogP contribution < -0.4 is 0 Å². The smallest absolute Gasteiger partial charge is 0.307 e. The van der Waals surface area contributed by atoms with E-state index in [-0.39, 0.29) is 36.6 Å². The molecule has 3 rings (SSSR count). The summed E-state index contributed by atoms with van der Waals surface area (Å²) in [6.45, 7) is -0.124. The zero-order chi connectivity index (χ0) is 20.1. The number of carbonyl (C=O) groups excluding carboxylic acids is 3. The first-order chi connectivity index (χ1) is 13.4. The molecule has 0 saturated heterocycles. The summed E-state index contributed by atoms with van der Waals surface area (Å²) in [5.74, 6) is -1.58. The van der Waals surface area contributed by atoms with Gasteiger partial charge in [-0.2, -0.15) is 0 Å². The molecule has 7 nitrogen and oxygen atoms in total. The lowest BCUT2D eigenvalue weighted by Gasteiger charge is -2.13. The van der Waals surface area contributed by atoms with Crippen LogP contribution in [0.1, 0.15) is 33.6 Å². The van der Waals surface area contributed by atoms with Crippen LogP contribution in [-0.4, -0.2) is 50.0 Å². The fourth-order valence-electron chi connectivity index (χ4n) is 2.90. The van der Waals surface area contributed by atoms with Gasteiger partial charge in [0.05, 0.1) is 34.8 Å². The summed E-state index contributed by atoms with van der Waals surface area (Å²) in [6, 6.07) is 14.5. The Morgan fingerprint density at radius 1 is 0.893 bits per heavy atom. The van der Waals surface area contributed by atoms with E-state index in [0.717, 1.165) is 4.90 Å². The second-order valence-corrected chi connectivity index (χ2v) is 8.37. The third-order valence-electron chi connectivity index (χ3n) is 4.34. The monoisotopic (exact) mass is 401 g/mol. The molecule has 2 aromatic rings. The highest BCUT2D eigenvalue weighted by Crippen LogP contribution is 2.22. The van der Waals surface area contributed by atoms with Crippen molar-refractivity contribution in [2.24, 2.45) is 0 Å². The number of amides is 2. The van der Waals surface area contributed by atoms with Crippen molar-refractivity contribution in [1.29, 1.82) is 0 Å². The average molecular weight is 401 g/mol. The first kappa shape index (κ1) is 19.8. The Balaban J connectivity index is 1.42. The first-order valence-corrected chi connectivity index (χ1v) is 10.4. The third-order valence-corrected chi connectivity index (χ3v) is 6.16. The summed E-state index contributed by atoms with van der Waals surface area (Å²) in [4.78, 5) is 37.5. The molecule has 0 spiro atoms. The maximum atomic E-state index is 12.2. The third kappa shape index (κ3) is 4.28. The summed E-state index contributed by atoms with van der Waals surface area (Å²) in [7, 11) is -3.42. The summed E-state index contributed by atoms with van der Waals surface area (Å²) >= 11 is 0. The predicted molar refractivity (Wildman–Crippen MR) is 100 cm³/mol. The molecule has 2 amide bonds. The molecule has 0 radical (unpaired) electrons. The van der Waals surface area contributed by atoms with Crippen LogP contribution in [-0.2, 0) is 19.4 Å². The summed E-state index contributed by atoms with van der Waals surface area (Å²) in [6.07, 6.45) is 0.0207. The Labute approximate surface area is 162 Å². The fraction of sp³-hybridized carbons (Fsp3) is 0.250. The predicted octanol–water partition coefficient (Wildman–Crippen LogP) is 2.08. The standard InChI is InChI=1S/C20H19NO6S/c22-18(27-13-6-14-28(25,26)15-7-2-1-3-8-15)11-12-21-19(23)16-9-4-5-10-17(16)20(21)24/h1-5,7-10H,6,11-14H2. The van der Waals surface area contributed by atoms with E-state index in [4.69, 9.17) is 4.74 Å². The van der Waals surface area contributed by atoms with E-state index in [1.165, 1.54) is 12.1 Å². The van der Waals surface area contributed by atoms with Gasteiger partial charge in [-0.05, 0) is 30.7 Å². The van der Waals surface area contributed by atoms with Gasteiger partial charge in [0.1, 0.15) is 0 Å². The molecule has 0 aliphatic carbocycles. The largest absolute Gasteiger partial charge is 0.466 e.